The van der Waals surface area contributed by atoms with Gasteiger partial charge in [-0.15, -0.1) is 0 Å². The highest BCUT2D eigenvalue weighted by Crippen LogP contribution is 2.63. The molecule has 114 valence electrons. The predicted molar refractivity (Wildman–Crippen MR) is 68.9 cm³/mol. The van der Waals surface area contributed by atoms with Gasteiger partial charge in [-0.05, 0) is 74.0 Å². The van der Waals surface area contributed by atoms with Crippen molar-refractivity contribution in [3.05, 3.63) is 0 Å². The molecule has 0 saturated heterocycles. The topological polar surface area (TPSA) is 20.2 Å². The third kappa shape index (κ3) is 1.66. The second-order valence-corrected chi connectivity index (χ2v) is 7.89. The summed E-state index contributed by atoms with van der Waals surface area (Å²) in [6, 6.07) is 0. The van der Waals surface area contributed by atoms with Gasteiger partial charge in [-0.1, -0.05) is 12.8 Å². The summed E-state index contributed by atoms with van der Waals surface area (Å²) >= 11 is 0. The molecule has 6 unspecified atom stereocenters. The number of alkyl halides is 3. The lowest BCUT2D eigenvalue weighted by Crippen LogP contribution is -2.59. The van der Waals surface area contributed by atoms with Crippen molar-refractivity contribution in [2.24, 2.45) is 35.5 Å². The van der Waals surface area contributed by atoms with Gasteiger partial charge in [-0.2, -0.15) is 13.2 Å². The molecule has 0 aromatic heterocycles. The van der Waals surface area contributed by atoms with E-state index in [9.17, 15) is 18.3 Å². The molecule has 1 nitrogen and oxygen atoms in total. The molecule has 0 heterocycles. The lowest BCUT2D eigenvalue weighted by atomic mass is 9.65. The first-order valence-corrected chi connectivity index (χ1v) is 8.18. The second kappa shape index (κ2) is 4.15. The van der Waals surface area contributed by atoms with Crippen molar-refractivity contribution in [2.45, 2.75) is 63.1 Å². The van der Waals surface area contributed by atoms with Crippen molar-refractivity contribution in [1.29, 1.82) is 0 Å². The van der Waals surface area contributed by atoms with Crippen LogP contribution in [0.15, 0.2) is 0 Å². The van der Waals surface area contributed by atoms with E-state index in [1.165, 1.54) is 0 Å². The molecule has 6 atom stereocenters. The van der Waals surface area contributed by atoms with Crippen LogP contribution in [0.25, 0.3) is 0 Å². The molecule has 4 fully saturated rings. The molecule has 4 rings (SSSR count). The molecule has 4 heteroatoms. The Labute approximate surface area is 117 Å². The quantitative estimate of drug-likeness (QED) is 0.809. The van der Waals surface area contributed by atoms with E-state index in [0.717, 1.165) is 38.5 Å². The number of fused-ring (bicyclic) bond motifs is 4. The van der Waals surface area contributed by atoms with Crippen LogP contribution in [-0.4, -0.2) is 16.9 Å². The zero-order valence-electron chi connectivity index (χ0n) is 11.7. The zero-order chi connectivity index (χ0) is 14.1. The van der Waals surface area contributed by atoms with Gasteiger partial charge in [0.2, 0.25) is 0 Å². The fourth-order valence-electron chi connectivity index (χ4n) is 6.26. The number of rotatable bonds is 2. The summed E-state index contributed by atoms with van der Waals surface area (Å²) < 4.78 is 41.4. The average Bonchev–Trinajstić information content (AvgIpc) is 3.14. The summed E-state index contributed by atoms with van der Waals surface area (Å²) in [5.74, 6) is 0.0719. The van der Waals surface area contributed by atoms with Gasteiger partial charge in [-0.3, -0.25) is 0 Å². The van der Waals surface area contributed by atoms with Gasteiger partial charge in [0.05, 0.1) is 0 Å². The molecule has 0 spiro atoms. The predicted octanol–water partition coefficient (Wildman–Crippen LogP) is 4.15. The lowest BCUT2D eigenvalue weighted by Gasteiger charge is -2.46. The lowest BCUT2D eigenvalue weighted by molar-refractivity contribution is -0.310. The van der Waals surface area contributed by atoms with Crippen LogP contribution in [0.1, 0.15) is 51.4 Å². The van der Waals surface area contributed by atoms with E-state index >= 15 is 0 Å². The molecule has 0 aromatic carbocycles. The van der Waals surface area contributed by atoms with Crippen molar-refractivity contribution in [2.75, 3.05) is 0 Å². The number of hydrogen-bond acceptors (Lipinski definition) is 1. The molecule has 0 amide bonds. The SMILES string of the molecule is OC(C1CC2CCC1C2)(C1CC2CCC1C2)C(F)(F)F. The van der Waals surface area contributed by atoms with Crippen molar-refractivity contribution in [3.8, 4) is 0 Å². The molecule has 0 radical (unpaired) electrons. The monoisotopic (exact) mass is 288 g/mol. The third-order valence-electron chi connectivity index (χ3n) is 7.06. The number of aliphatic hydroxyl groups is 1. The summed E-state index contributed by atoms with van der Waals surface area (Å²) in [7, 11) is 0. The van der Waals surface area contributed by atoms with Gasteiger partial charge in [0.25, 0.3) is 0 Å². The summed E-state index contributed by atoms with van der Waals surface area (Å²) in [4.78, 5) is 0. The largest absolute Gasteiger partial charge is 0.417 e. The van der Waals surface area contributed by atoms with Crippen molar-refractivity contribution in [1.82, 2.24) is 0 Å². The highest BCUT2D eigenvalue weighted by Gasteiger charge is 2.68. The van der Waals surface area contributed by atoms with E-state index in [-0.39, 0.29) is 11.8 Å². The minimum absolute atomic E-state index is 0.116. The van der Waals surface area contributed by atoms with Gasteiger partial charge < -0.3 is 5.11 Å². The highest BCUT2D eigenvalue weighted by molar-refractivity contribution is 5.10. The Morgan fingerprint density at radius 3 is 1.40 bits per heavy atom. The zero-order valence-corrected chi connectivity index (χ0v) is 11.7. The standard InChI is InChI=1S/C16H23F3O/c17-16(18,19)15(20,13-7-9-1-3-11(13)5-9)14-8-10-2-4-12(14)6-10/h9-14,20H,1-8H2. The van der Waals surface area contributed by atoms with E-state index in [1.807, 2.05) is 0 Å². The first-order valence-electron chi connectivity index (χ1n) is 8.18. The van der Waals surface area contributed by atoms with Gasteiger partial charge in [0, 0.05) is 0 Å². The first kappa shape index (κ1) is 13.4. The maximum absolute atomic E-state index is 13.8. The molecular weight excluding hydrogens is 265 g/mol. The normalized spacial score (nSPS) is 49.8. The fraction of sp³-hybridized carbons (Fsp3) is 1.00. The molecule has 0 aromatic rings. The van der Waals surface area contributed by atoms with Gasteiger partial charge >= 0.3 is 6.18 Å². The van der Waals surface area contributed by atoms with Crippen LogP contribution >= 0.6 is 0 Å². The molecule has 20 heavy (non-hydrogen) atoms. The molecular formula is C16H23F3O. The summed E-state index contributed by atoms with van der Waals surface area (Å²) in [5, 5.41) is 10.9. The molecule has 4 saturated carbocycles. The number of halogens is 3. The Balaban J connectivity index is 1.68. The minimum atomic E-state index is -4.46. The van der Waals surface area contributed by atoms with Crippen LogP contribution in [0, 0.1) is 35.5 Å². The maximum Gasteiger partial charge on any atom is 0.417 e. The third-order valence-corrected chi connectivity index (χ3v) is 7.06. The van der Waals surface area contributed by atoms with E-state index in [0.29, 0.717) is 24.7 Å². The van der Waals surface area contributed by atoms with Crippen LogP contribution < -0.4 is 0 Å². The second-order valence-electron chi connectivity index (χ2n) is 7.89. The minimum Gasteiger partial charge on any atom is -0.380 e. The average molecular weight is 288 g/mol. The Bertz CT molecular complexity index is 377. The Hall–Kier alpha value is -0.250. The van der Waals surface area contributed by atoms with E-state index in [4.69, 9.17) is 0 Å². The van der Waals surface area contributed by atoms with Crippen molar-refractivity contribution in [3.63, 3.8) is 0 Å². The molecule has 4 aliphatic rings. The van der Waals surface area contributed by atoms with Crippen LogP contribution in [0.2, 0.25) is 0 Å². The fourth-order valence-corrected chi connectivity index (χ4v) is 6.26. The molecule has 4 bridgehead atoms. The van der Waals surface area contributed by atoms with Crippen molar-refractivity contribution >= 4 is 0 Å². The van der Waals surface area contributed by atoms with Gasteiger partial charge in [0.1, 0.15) is 0 Å². The van der Waals surface area contributed by atoms with Crippen LogP contribution in [-0.2, 0) is 0 Å². The van der Waals surface area contributed by atoms with Crippen molar-refractivity contribution < 1.29 is 18.3 Å². The smallest absolute Gasteiger partial charge is 0.380 e. The highest BCUT2D eigenvalue weighted by atomic mass is 19.4. The maximum atomic E-state index is 13.8. The van der Waals surface area contributed by atoms with E-state index in [1.54, 1.807) is 0 Å². The molecule has 0 aliphatic heterocycles. The first-order chi connectivity index (χ1) is 9.39. The summed E-state index contributed by atoms with van der Waals surface area (Å²) in [6.45, 7) is 0. The van der Waals surface area contributed by atoms with Crippen LogP contribution in [0.5, 0.6) is 0 Å². The Morgan fingerprint density at radius 1 is 0.700 bits per heavy atom. The summed E-state index contributed by atoms with van der Waals surface area (Å²) in [6.07, 6.45) is 2.54. The Morgan fingerprint density at radius 2 is 1.15 bits per heavy atom. The summed E-state index contributed by atoms with van der Waals surface area (Å²) in [5.41, 5.74) is -2.40. The van der Waals surface area contributed by atoms with E-state index in [2.05, 4.69) is 0 Å². The molecule has 4 aliphatic carbocycles. The Kier molecular flexibility index (Phi) is 2.78. The van der Waals surface area contributed by atoms with Crippen LogP contribution in [0.3, 0.4) is 0 Å². The van der Waals surface area contributed by atoms with Gasteiger partial charge in [-0.25, -0.2) is 0 Å². The molecule has 1 N–H and O–H groups in total. The number of hydrogen-bond donors (Lipinski definition) is 1. The van der Waals surface area contributed by atoms with Gasteiger partial charge in [0.15, 0.2) is 5.60 Å². The van der Waals surface area contributed by atoms with Crippen LogP contribution in [0.4, 0.5) is 13.2 Å². The van der Waals surface area contributed by atoms with E-state index < -0.39 is 23.6 Å².